The lowest BCUT2D eigenvalue weighted by Gasteiger charge is -2.17. The average Bonchev–Trinajstić information content (AvgIpc) is 2.28. The Bertz CT molecular complexity index is 289. The summed E-state index contributed by atoms with van der Waals surface area (Å²) in [5.41, 5.74) is 0. The molecule has 0 aliphatic carbocycles. The molecule has 0 fully saturated rings. The van der Waals surface area contributed by atoms with E-state index in [1.807, 2.05) is 0 Å². The number of likely N-dealkylation sites (N-methyl/N-ethyl adjacent to an activating group) is 1. The van der Waals surface area contributed by atoms with Crippen molar-refractivity contribution in [2.45, 2.75) is 20.8 Å². The van der Waals surface area contributed by atoms with Crippen LogP contribution in [0.1, 0.15) is 20.8 Å². The van der Waals surface area contributed by atoms with Crippen molar-refractivity contribution in [3.05, 3.63) is 23.1 Å². The maximum atomic E-state index is 10.8. The Morgan fingerprint density at radius 3 is 2.44 bits per heavy atom. The molecule has 1 amide bonds. The number of nitrogens with zero attached hydrogens (tertiary/aromatic N) is 1. The van der Waals surface area contributed by atoms with Gasteiger partial charge in [-0.1, -0.05) is 38.8 Å². The number of ether oxygens (including phenoxy) is 1. The Morgan fingerprint density at radius 1 is 1.33 bits per heavy atom. The molecule has 0 saturated carbocycles. The predicted octanol–water partition coefficient (Wildman–Crippen LogP) is 2.20. The summed E-state index contributed by atoms with van der Waals surface area (Å²) >= 11 is 1.34. The molecule has 0 aliphatic heterocycles. The highest BCUT2D eigenvalue weighted by Gasteiger charge is 2.03. The topological polar surface area (TPSA) is 41.6 Å². The number of amides is 1. The molecular formula is C13H24N2O2S. The fourth-order valence-corrected chi connectivity index (χ4v) is 2.03. The third-order valence-corrected chi connectivity index (χ3v) is 3.05. The molecule has 5 heteroatoms. The zero-order valence-electron chi connectivity index (χ0n) is 11.6. The number of hydrogen-bond acceptors (Lipinski definition) is 4. The minimum atomic E-state index is -0.122. The van der Waals surface area contributed by atoms with Crippen LogP contribution in [0.25, 0.3) is 0 Å². The Hall–Kier alpha value is -0.780. The van der Waals surface area contributed by atoms with Gasteiger partial charge in [-0.2, -0.15) is 0 Å². The van der Waals surface area contributed by atoms with E-state index in [1.165, 1.54) is 18.7 Å². The fourth-order valence-electron chi connectivity index (χ4n) is 1.35. The third kappa shape index (κ3) is 9.27. The number of nitrogens with one attached hydrogen (secondary N) is 1. The molecule has 0 aromatic carbocycles. The third-order valence-electron chi connectivity index (χ3n) is 2.29. The summed E-state index contributed by atoms with van der Waals surface area (Å²) in [6.45, 7) is 17.5. The van der Waals surface area contributed by atoms with E-state index in [-0.39, 0.29) is 5.91 Å². The van der Waals surface area contributed by atoms with Gasteiger partial charge in [-0.05, 0) is 13.1 Å². The normalized spacial score (nSPS) is 10.4. The standard InChI is InChI=1S/C13H24N2O2S/c1-6-15(7-2)8-9-17-10-11(3)18-13(5)14-12(4)16/h3,5-10H2,1-2,4H3,(H,14,16). The van der Waals surface area contributed by atoms with Crippen molar-refractivity contribution in [3.63, 3.8) is 0 Å². The number of thioether (sulfide) groups is 1. The van der Waals surface area contributed by atoms with Crippen LogP contribution in [0.2, 0.25) is 0 Å². The molecular weight excluding hydrogens is 248 g/mol. The summed E-state index contributed by atoms with van der Waals surface area (Å²) in [5, 5.41) is 3.19. The van der Waals surface area contributed by atoms with Gasteiger partial charge >= 0.3 is 0 Å². The van der Waals surface area contributed by atoms with Crippen LogP contribution in [0, 0.1) is 0 Å². The molecule has 4 nitrogen and oxygen atoms in total. The molecule has 0 aromatic heterocycles. The zero-order valence-corrected chi connectivity index (χ0v) is 12.4. The summed E-state index contributed by atoms with van der Waals surface area (Å²) in [4.78, 5) is 13.9. The smallest absolute Gasteiger partial charge is 0.221 e. The maximum Gasteiger partial charge on any atom is 0.221 e. The van der Waals surface area contributed by atoms with Gasteiger partial charge in [0.15, 0.2) is 0 Å². The molecule has 0 atom stereocenters. The highest BCUT2D eigenvalue weighted by atomic mass is 32.2. The van der Waals surface area contributed by atoms with Crippen LogP contribution in [0.5, 0.6) is 0 Å². The molecule has 0 bridgehead atoms. The minimum absolute atomic E-state index is 0.122. The largest absolute Gasteiger partial charge is 0.375 e. The lowest BCUT2D eigenvalue weighted by molar-refractivity contribution is -0.118. The van der Waals surface area contributed by atoms with E-state index in [2.05, 4.69) is 37.2 Å². The second-order valence-corrected chi connectivity index (χ2v) is 5.10. The van der Waals surface area contributed by atoms with Gasteiger partial charge in [0.05, 0.1) is 18.2 Å². The van der Waals surface area contributed by atoms with Crippen molar-refractivity contribution in [2.24, 2.45) is 0 Å². The monoisotopic (exact) mass is 272 g/mol. The van der Waals surface area contributed by atoms with E-state index >= 15 is 0 Å². The Labute approximate surface area is 114 Å². The van der Waals surface area contributed by atoms with E-state index in [4.69, 9.17) is 4.74 Å². The summed E-state index contributed by atoms with van der Waals surface area (Å²) in [6.07, 6.45) is 0. The molecule has 18 heavy (non-hydrogen) atoms. The molecule has 0 rings (SSSR count). The van der Waals surface area contributed by atoms with Crippen molar-refractivity contribution in [3.8, 4) is 0 Å². The van der Waals surface area contributed by atoms with Crippen LogP contribution < -0.4 is 5.32 Å². The molecule has 0 radical (unpaired) electrons. The van der Waals surface area contributed by atoms with Gasteiger partial charge in [0.25, 0.3) is 0 Å². The first-order valence-electron chi connectivity index (χ1n) is 6.11. The number of hydrogen-bond donors (Lipinski definition) is 1. The second-order valence-electron chi connectivity index (χ2n) is 3.82. The summed E-state index contributed by atoms with van der Waals surface area (Å²) in [6, 6.07) is 0. The highest BCUT2D eigenvalue weighted by molar-refractivity contribution is 8.06. The maximum absolute atomic E-state index is 10.8. The van der Waals surface area contributed by atoms with Crippen molar-refractivity contribution < 1.29 is 9.53 Å². The van der Waals surface area contributed by atoms with Crippen molar-refractivity contribution in [2.75, 3.05) is 32.8 Å². The Balaban J connectivity index is 3.65. The van der Waals surface area contributed by atoms with E-state index in [0.29, 0.717) is 18.2 Å². The Morgan fingerprint density at radius 2 is 1.94 bits per heavy atom. The summed E-state index contributed by atoms with van der Waals surface area (Å²) < 4.78 is 5.52. The molecule has 104 valence electrons. The van der Waals surface area contributed by atoms with Gasteiger partial charge in [-0.25, -0.2) is 0 Å². The van der Waals surface area contributed by atoms with Crippen LogP contribution in [-0.4, -0.2) is 43.7 Å². The van der Waals surface area contributed by atoms with Crippen LogP contribution in [0.4, 0.5) is 0 Å². The van der Waals surface area contributed by atoms with Gasteiger partial charge in [-0.3, -0.25) is 4.79 Å². The first-order chi connectivity index (χ1) is 8.49. The lowest BCUT2D eigenvalue weighted by Crippen LogP contribution is -2.27. The van der Waals surface area contributed by atoms with Gasteiger partial charge in [0, 0.05) is 18.4 Å². The van der Waals surface area contributed by atoms with E-state index in [0.717, 1.165) is 24.5 Å². The predicted molar refractivity (Wildman–Crippen MR) is 78.3 cm³/mol. The van der Waals surface area contributed by atoms with Crippen LogP contribution in [0.15, 0.2) is 23.1 Å². The summed E-state index contributed by atoms with van der Waals surface area (Å²) in [7, 11) is 0. The molecule has 0 spiro atoms. The number of carbonyl (C=O) groups excluding carboxylic acids is 1. The first-order valence-corrected chi connectivity index (χ1v) is 6.93. The molecule has 0 saturated heterocycles. The van der Waals surface area contributed by atoms with Gasteiger partial charge in [-0.15, -0.1) is 0 Å². The number of rotatable bonds is 10. The highest BCUT2D eigenvalue weighted by Crippen LogP contribution is 2.20. The van der Waals surface area contributed by atoms with Crippen LogP contribution in [0.3, 0.4) is 0 Å². The molecule has 0 aliphatic rings. The fraction of sp³-hybridized carbons (Fsp3) is 0.615. The van der Waals surface area contributed by atoms with Gasteiger partial charge in [0.2, 0.25) is 5.91 Å². The summed E-state index contributed by atoms with van der Waals surface area (Å²) in [5.74, 6) is -0.122. The van der Waals surface area contributed by atoms with Crippen LogP contribution in [-0.2, 0) is 9.53 Å². The van der Waals surface area contributed by atoms with Crippen LogP contribution >= 0.6 is 11.8 Å². The van der Waals surface area contributed by atoms with Gasteiger partial charge < -0.3 is 15.0 Å². The molecule has 0 aromatic rings. The number of carbonyl (C=O) groups is 1. The van der Waals surface area contributed by atoms with E-state index < -0.39 is 0 Å². The van der Waals surface area contributed by atoms with Crippen molar-refractivity contribution >= 4 is 17.7 Å². The quantitative estimate of drug-likeness (QED) is 0.619. The van der Waals surface area contributed by atoms with Crippen molar-refractivity contribution in [1.82, 2.24) is 10.2 Å². The SMILES string of the molecule is C=C(COCCN(CC)CC)SC(=C)NC(C)=O. The molecule has 0 heterocycles. The van der Waals surface area contributed by atoms with E-state index in [1.54, 1.807) is 0 Å². The van der Waals surface area contributed by atoms with Crippen molar-refractivity contribution in [1.29, 1.82) is 0 Å². The zero-order chi connectivity index (χ0) is 14.0. The second kappa shape index (κ2) is 10.2. The molecule has 1 N–H and O–H groups in total. The lowest BCUT2D eigenvalue weighted by atomic mass is 10.5. The van der Waals surface area contributed by atoms with Gasteiger partial charge in [0.1, 0.15) is 0 Å². The van der Waals surface area contributed by atoms with E-state index in [9.17, 15) is 4.79 Å². The first kappa shape index (κ1) is 17.2. The Kier molecular flexibility index (Phi) is 9.73. The minimum Gasteiger partial charge on any atom is -0.375 e. The average molecular weight is 272 g/mol. The molecule has 0 unspecified atom stereocenters.